The Morgan fingerprint density at radius 3 is 2.50 bits per heavy atom. The van der Waals surface area contributed by atoms with Gasteiger partial charge in [-0.15, -0.1) is 0 Å². The monoisotopic (exact) mass is 368 g/mol. The lowest BCUT2D eigenvalue weighted by Gasteiger charge is -2.31. The molecule has 0 aromatic heterocycles. The van der Waals surface area contributed by atoms with Crippen molar-refractivity contribution in [1.82, 2.24) is 5.32 Å². The molecule has 0 bridgehead atoms. The van der Waals surface area contributed by atoms with Crippen molar-refractivity contribution in [3.05, 3.63) is 35.9 Å². The average molecular weight is 368 g/mol. The van der Waals surface area contributed by atoms with Crippen LogP contribution in [-0.2, 0) is 11.2 Å². The van der Waals surface area contributed by atoms with E-state index in [9.17, 15) is 18.7 Å². The number of alkyl halides is 2. The molecule has 0 spiro atoms. The number of hydrogen-bond acceptors (Lipinski definition) is 3. The molecule has 1 aromatic carbocycles. The first-order valence-corrected chi connectivity index (χ1v) is 9.37. The van der Waals surface area contributed by atoms with Crippen LogP contribution in [0.3, 0.4) is 0 Å². The number of nitrogens with one attached hydrogen (secondary N) is 1. The van der Waals surface area contributed by atoms with Gasteiger partial charge in [-0.05, 0) is 43.6 Å². The smallest absolute Gasteiger partial charge is 0.248 e. The second-order valence-corrected chi connectivity index (χ2v) is 7.50. The van der Waals surface area contributed by atoms with Gasteiger partial charge < -0.3 is 16.2 Å². The van der Waals surface area contributed by atoms with E-state index in [2.05, 4.69) is 5.32 Å². The first-order chi connectivity index (χ1) is 12.3. The average Bonchev–Trinajstić information content (AvgIpc) is 2.62. The molecule has 0 saturated heterocycles. The number of rotatable bonds is 8. The molecule has 146 valence electrons. The summed E-state index contributed by atoms with van der Waals surface area (Å²) in [5.41, 5.74) is 7.16. The summed E-state index contributed by atoms with van der Waals surface area (Å²) < 4.78 is 26.7. The fourth-order valence-corrected chi connectivity index (χ4v) is 3.74. The van der Waals surface area contributed by atoms with Crippen molar-refractivity contribution in [2.45, 2.75) is 63.0 Å². The van der Waals surface area contributed by atoms with E-state index >= 15 is 0 Å². The van der Waals surface area contributed by atoms with Gasteiger partial charge in [0.1, 0.15) is 0 Å². The van der Waals surface area contributed by atoms with Gasteiger partial charge in [-0.2, -0.15) is 0 Å². The first kappa shape index (κ1) is 20.8. The molecule has 0 heterocycles. The summed E-state index contributed by atoms with van der Waals surface area (Å²) in [7, 11) is 1.56. The molecule has 1 aliphatic rings. The predicted octanol–water partition coefficient (Wildman–Crippen LogP) is 2.89. The molecule has 0 unspecified atom stereocenters. The van der Waals surface area contributed by atoms with E-state index in [0.29, 0.717) is 25.7 Å². The van der Waals surface area contributed by atoms with Gasteiger partial charge in [-0.3, -0.25) is 4.79 Å². The number of benzene rings is 1. The molecule has 1 saturated carbocycles. The van der Waals surface area contributed by atoms with Gasteiger partial charge in [0.2, 0.25) is 11.8 Å². The van der Waals surface area contributed by atoms with Gasteiger partial charge in [0.05, 0.1) is 6.10 Å². The molecule has 1 fully saturated rings. The summed E-state index contributed by atoms with van der Waals surface area (Å²) in [6.45, 7) is 0. The van der Waals surface area contributed by atoms with E-state index in [1.807, 2.05) is 30.3 Å². The largest absolute Gasteiger partial charge is 0.391 e. The van der Waals surface area contributed by atoms with Crippen molar-refractivity contribution in [3.63, 3.8) is 0 Å². The zero-order valence-corrected chi connectivity index (χ0v) is 15.3. The second kappa shape index (κ2) is 9.42. The third-order valence-corrected chi connectivity index (χ3v) is 5.41. The van der Waals surface area contributed by atoms with E-state index in [0.717, 1.165) is 5.56 Å². The highest BCUT2D eigenvalue weighted by molar-refractivity contribution is 5.78. The van der Waals surface area contributed by atoms with Gasteiger partial charge in [-0.25, -0.2) is 8.78 Å². The number of amides is 1. The Labute approximate surface area is 154 Å². The Balaban J connectivity index is 1.91. The summed E-state index contributed by atoms with van der Waals surface area (Å²) in [5.74, 6) is -3.05. The van der Waals surface area contributed by atoms with Crippen molar-refractivity contribution in [3.8, 4) is 0 Å². The number of hydrogen-bond donors (Lipinski definition) is 3. The second-order valence-electron chi connectivity index (χ2n) is 7.50. The Hall–Kier alpha value is -1.53. The van der Waals surface area contributed by atoms with Gasteiger partial charge >= 0.3 is 0 Å². The maximum atomic E-state index is 13.3. The molecular formula is C20H30F2N2O2. The molecule has 1 amide bonds. The standard InChI is InChI=1S/C20H30F2N2O2/c1-24-19(26)16(11-15-7-9-20(21,22)10-8-15)13-18(25)17(23)12-14-5-3-2-4-6-14/h2-6,15-18,25H,7-13,23H2,1H3,(H,24,26)/t16-,17+,18+/m1/s1. The van der Waals surface area contributed by atoms with Crippen LogP contribution in [0, 0.1) is 11.8 Å². The molecule has 26 heavy (non-hydrogen) atoms. The summed E-state index contributed by atoms with van der Waals surface area (Å²) in [6, 6.07) is 9.18. The SMILES string of the molecule is CNC(=O)[C@H](CC1CCC(F)(F)CC1)C[C@H](O)[C@@H](N)Cc1ccccc1. The van der Waals surface area contributed by atoms with E-state index in [1.54, 1.807) is 7.05 Å². The predicted molar refractivity (Wildman–Crippen MR) is 97.8 cm³/mol. The van der Waals surface area contributed by atoms with Gasteiger partial charge in [-0.1, -0.05) is 30.3 Å². The fourth-order valence-electron chi connectivity index (χ4n) is 3.74. The minimum atomic E-state index is -2.57. The number of aliphatic hydroxyl groups is 1. The Bertz CT molecular complexity index is 558. The van der Waals surface area contributed by atoms with E-state index in [4.69, 9.17) is 5.73 Å². The number of halogens is 2. The zero-order chi connectivity index (χ0) is 19.2. The summed E-state index contributed by atoms with van der Waals surface area (Å²) >= 11 is 0. The molecule has 0 aliphatic heterocycles. The third-order valence-electron chi connectivity index (χ3n) is 5.41. The number of aliphatic hydroxyl groups excluding tert-OH is 1. The molecule has 0 radical (unpaired) electrons. The van der Waals surface area contributed by atoms with E-state index < -0.39 is 24.0 Å². The third kappa shape index (κ3) is 6.32. The van der Waals surface area contributed by atoms with E-state index in [-0.39, 0.29) is 31.1 Å². The minimum absolute atomic E-state index is 0.0921. The Morgan fingerprint density at radius 1 is 1.31 bits per heavy atom. The van der Waals surface area contributed by atoms with Crippen molar-refractivity contribution in [2.24, 2.45) is 17.6 Å². The van der Waals surface area contributed by atoms with Crippen LogP contribution in [0.1, 0.15) is 44.1 Å². The van der Waals surface area contributed by atoms with Crippen molar-refractivity contribution in [2.75, 3.05) is 7.05 Å². The Morgan fingerprint density at radius 2 is 1.92 bits per heavy atom. The number of nitrogens with two attached hydrogens (primary N) is 1. The van der Waals surface area contributed by atoms with Gasteiger partial charge in [0, 0.05) is 31.8 Å². The van der Waals surface area contributed by atoms with Gasteiger partial charge in [0.25, 0.3) is 0 Å². The fraction of sp³-hybridized carbons (Fsp3) is 0.650. The molecule has 4 N–H and O–H groups in total. The summed E-state index contributed by atoms with van der Waals surface area (Å²) in [6.07, 6.45) is 1.09. The number of carbonyl (C=O) groups excluding carboxylic acids is 1. The highest BCUT2D eigenvalue weighted by Gasteiger charge is 2.36. The van der Waals surface area contributed by atoms with Crippen LogP contribution in [0.2, 0.25) is 0 Å². The highest BCUT2D eigenvalue weighted by atomic mass is 19.3. The summed E-state index contributed by atoms with van der Waals surface area (Å²) in [5, 5.41) is 13.1. The molecule has 6 heteroatoms. The van der Waals surface area contributed by atoms with Crippen LogP contribution < -0.4 is 11.1 Å². The lowest BCUT2D eigenvalue weighted by molar-refractivity contribution is -0.126. The Kier molecular flexibility index (Phi) is 7.53. The van der Waals surface area contributed by atoms with Crippen LogP contribution in [0.4, 0.5) is 8.78 Å². The quantitative estimate of drug-likeness (QED) is 0.660. The highest BCUT2D eigenvalue weighted by Crippen LogP contribution is 2.39. The minimum Gasteiger partial charge on any atom is -0.391 e. The van der Waals surface area contributed by atoms with Crippen LogP contribution in [0.15, 0.2) is 30.3 Å². The zero-order valence-electron chi connectivity index (χ0n) is 15.3. The van der Waals surface area contributed by atoms with E-state index in [1.165, 1.54) is 0 Å². The van der Waals surface area contributed by atoms with Crippen LogP contribution in [0.25, 0.3) is 0 Å². The van der Waals surface area contributed by atoms with Gasteiger partial charge in [0.15, 0.2) is 0 Å². The van der Waals surface area contributed by atoms with Crippen LogP contribution >= 0.6 is 0 Å². The lowest BCUT2D eigenvalue weighted by atomic mass is 9.79. The lowest BCUT2D eigenvalue weighted by Crippen LogP contribution is -2.41. The molecule has 3 atom stereocenters. The van der Waals surface area contributed by atoms with Crippen LogP contribution in [-0.4, -0.2) is 36.1 Å². The topological polar surface area (TPSA) is 75.3 Å². The molecular weight excluding hydrogens is 338 g/mol. The van der Waals surface area contributed by atoms with Crippen LogP contribution in [0.5, 0.6) is 0 Å². The maximum absolute atomic E-state index is 13.3. The van der Waals surface area contributed by atoms with Crippen molar-refractivity contribution >= 4 is 5.91 Å². The molecule has 2 rings (SSSR count). The van der Waals surface area contributed by atoms with Crippen molar-refractivity contribution in [1.29, 1.82) is 0 Å². The summed E-state index contributed by atoms with van der Waals surface area (Å²) in [4.78, 5) is 12.2. The molecule has 1 aromatic rings. The van der Waals surface area contributed by atoms with Crippen molar-refractivity contribution < 1.29 is 18.7 Å². The molecule has 4 nitrogen and oxygen atoms in total. The normalized spacial score (nSPS) is 21.0. The maximum Gasteiger partial charge on any atom is 0.248 e. The molecule has 1 aliphatic carbocycles. The first-order valence-electron chi connectivity index (χ1n) is 9.37. The number of carbonyl (C=O) groups is 1.